The zero-order chi connectivity index (χ0) is 20.1. The van der Waals surface area contributed by atoms with E-state index in [-0.39, 0.29) is 18.0 Å². The number of fused-ring (bicyclic) bond motifs is 1. The Labute approximate surface area is 164 Å². The average Bonchev–Trinajstić information content (AvgIpc) is 2.75. The molecule has 148 valence electrons. The summed E-state index contributed by atoms with van der Waals surface area (Å²) in [6, 6.07) is 10.5. The van der Waals surface area contributed by atoms with Gasteiger partial charge in [-0.05, 0) is 30.0 Å². The molecule has 0 spiro atoms. The Hall–Kier alpha value is -3.02. The molecule has 0 aliphatic carbocycles. The fraction of sp³-hybridized carbons (Fsp3) is 0.364. The smallest absolute Gasteiger partial charge is 0.338 e. The minimum Gasteiger partial charge on any atom is -0.493 e. The van der Waals surface area contributed by atoms with Crippen molar-refractivity contribution in [3.63, 3.8) is 0 Å². The Morgan fingerprint density at radius 2 is 1.79 bits per heavy atom. The zero-order valence-corrected chi connectivity index (χ0v) is 16.3. The number of hydrogen-bond acceptors (Lipinski definition) is 6. The van der Waals surface area contributed by atoms with Crippen molar-refractivity contribution in [3.05, 3.63) is 53.1 Å². The largest absolute Gasteiger partial charge is 0.493 e. The summed E-state index contributed by atoms with van der Waals surface area (Å²) in [6.07, 6.45) is 1.03. The molecule has 0 fully saturated rings. The van der Waals surface area contributed by atoms with Gasteiger partial charge in [-0.25, -0.2) is 4.79 Å². The van der Waals surface area contributed by atoms with Gasteiger partial charge in [-0.1, -0.05) is 38.1 Å². The molecule has 1 atom stereocenters. The van der Waals surface area contributed by atoms with E-state index in [9.17, 15) is 9.59 Å². The molecule has 2 aromatic carbocycles. The summed E-state index contributed by atoms with van der Waals surface area (Å²) in [5, 5.41) is 0. The van der Waals surface area contributed by atoms with Crippen LogP contribution in [0.25, 0.3) is 0 Å². The van der Waals surface area contributed by atoms with Gasteiger partial charge in [-0.15, -0.1) is 0 Å². The lowest BCUT2D eigenvalue weighted by molar-refractivity contribution is 0.0473. The highest BCUT2D eigenvalue weighted by Crippen LogP contribution is 2.40. The number of benzene rings is 2. The number of ether oxygens (including phenoxy) is 4. The van der Waals surface area contributed by atoms with E-state index in [1.54, 1.807) is 12.1 Å². The molecule has 0 saturated heterocycles. The molecule has 0 saturated carbocycles. The monoisotopic (exact) mass is 384 g/mol. The lowest BCUT2D eigenvalue weighted by Gasteiger charge is -2.21. The predicted molar refractivity (Wildman–Crippen MR) is 104 cm³/mol. The Bertz CT molecular complexity index is 839. The third-order valence-corrected chi connectivity index (χ3v) is 4.81. The fourth-order valence-electron chi connectivity index (χ4n) is 2.92. The minimum atomic E-state index is -0.625. The van der Waals surface area contributed by atoms with Gasteiger partial charge >= 0.3 is 5.97 Å². The first-order valence-corrected chi connectivity index (χ1v) is 9.31. The highest BCUT2D eigenvalue weighted by Gasteiger charge is 2.22. The standard InChI is InChI=1S/C22H24O6/c1-4-14(2)15-5-7-16(8-6-15)18(23)13-28-22(24)17-11-19(25-3)21-20(12-17)26-9-10-27-21/h5-8,11-12,14H,4,9-10,13H2,1-3H3/t14-/m0/s1. The molecule has 3 rings (SSSR count). The van der Waals surface area contributed by atoms with E-state index in [0.717, 1.165) is 6.42 Å². The van der Waals surface area contributed by atoms with Crippen LogP contribution in [0.5, 0.6) is 17.2 Å². The lowest BCUT2D eigenvalue weighted by Crippen LogP contribution is -2.18. The molecule has 6 heteroatoms. The molecular formula is C22H24O6. The molecule has 2 aromatic rings. The Morgan fingerprint density at radius 1 is 1.07 bits per heavy atom. The maximum atomic E-state index is 12.4. The van der Waals surface area contributed by atoms with Gasteiger partial charge in [0.15, 0.2) is 23.9 Å². The van der Waals surface area contributed by atoms with Crippen molar-refractivity contribution in [3.8, 4) is 17.2 Å². The van der Waals surface area contributed by atoms with Gasteiger partial charge in [0.05, 0.1) is 12.7 Å². The SMILES string of the molecule is CC[C@H](C)c1ccc(C(=O)COC(=O)c2cc(OC)c3c(c2)OCCO3)cc1. The number of methoxy groups -OCH3 is 1. The molecule has 0 bridgehead atoms. The molecule has 0 unspecified atom stereocenters. The summed E-state index contributed by atoms with van der Waals surface area (Å²) < 4.78 is 21.5. The van der Waals surface area contributed by atoms with Crippen molar-refractivity contribution in [1.82, 2.24) is 0 Å². The van der Waals surface area contributed by atoms with Crippen LogP contribution in [0.4, 0.5) is 0 Å². The quantitative estimate of drug-likeness (QED) is 0.530. The highest BCUT2D eigenvalue weighted by atomic mass is 16.6. The van der Waals surface area contributed by atoms with Crippen LogP contribution in [0.1, 0.15) is 52.5 Å². The van der Waals surface area contributed by atoms with E-state index in [1.807, 2.05) is 12.1 Å². The number of Topliss-reactive ketones (excluding diaryl/α,β-unsaturated/α-hetero) is 1. The Balaban J connectivity index is 1.66. The molecule has 1 aliphatic rings. The van der Waals surface area contributed by atoms with Crippen molar-refractivity contribution >= 4 is 11.8 Å². The number of rotatable bonds is 7. The summed E-state index contributed by atoms with van der Waals surface area (Å²) in [6.45, 7) is 4.73. The second-order valence-electron chi connectivity index (χ2n) is 6.63. The Kier molecular flexibility index (Phi) is 6.19. The molecule has 0 radical (unpaired) electrons. The molecule has 0 N–H and O–H groups in total. The van der Waals surface area contributed by atoms with Gasteiger partial charge in [-0.2, -0.15) is 0 Å². The first kappa shape index (κ1) is 19.7. The summed E-state index contributed by atoms with van der Waals surface area (Å²) in [5.41, 5.74) is 1.93. The molecule has 1 heterocycles. The van der Waals surface area contributed by atoms with Crippen molar-refractivity contribution in [2.75, 3.05) is 26.9 Å². The molecule has 6 nitrogen and oxygen atoms in total. The third kappa shape index (κ3) is 4.27. The second-order valence-corrected chi connectivity index (χ2v) is 6.63. The zero-order valence-electron chi connectivity index (χ0n) is 16.3. The van der Waals surface area contributed by atoms with Gasteiger partial charge in [0.1, 0.15) is 13.2 Å². The second kappa shape index (κ2) is 8.78. The van der Waals surface area contributed by atoms with Crippen molar-refractivity contribution in [2.45, 2.75) is 26.2 Å². The van der Waals surface area contributed by atoms with Crippen LogP contribution < -0.4 is 14.2 Å². The van der Waals surface area contributed by atoms with Crippen LogP contribution in [0.15, 0.2) is 36.4 Å². The van der Waals surface area contributed by atoms with Crippen LogP contribution in [0, 0.1) is 0 Å². The minimum absolute atomic E-state index is 0.237. The normalized spacial score (nSPS) is 13.5. The maximum Gasteiger partial charge on any atom is 0.338 e. The number of ketones is 1. The molecule has 0 amide bonds. The highest BCUT2D eigenvalue weighted by molar-refractivity contribution is 5.99. The van der Waals surface area contributed by atoms with E-state index in [0.29, 0.717) is 41.9 Å². The number of hydrogen-bond donors (Lipinski definition) is 0. The van der Waals surface area contributed by atoms with E-state index >= 15 is 0 Å². The summed E-state index contributed by atoms with van der Waals surface area (Å²) in [7, 11) is 1.48. The van der Waals surface area contributed by atoms with E-state index in [1.165, 1.54) is 24.8 Å². The van der Waals surface area contributed by atoms with Crippen LogP contribution in [0.3, 0.4) is 0 Å². The molecule has 0 aromatic heterocycles. The van der Waals surface area contributed by atoms with Crippen LogP contribution in [0.2, 0.25) is 0 Å². The topological polar surface area (TPSA) is 71.1 Å². The Morgan fingerprint density at radius 3 is 2.46 bits per heavy atom. The number of carbonyl (C=O) groups is 2. The van der Waals surface area contributed by atoms with Crippen molar-refractivity contribution in [1.29, 1.82) is 0 Å². The van der Waals surface area contributed by atoms with Crippen LogP contribution in [-0.2, 0) is 4.74 Å². The molecular weight excluding hydrogens is 360 g/mol. The lowest BCUT2D eigenvalue weighted by atomic mass is 9.97. The average molecular weight is 384 g/mol. The van der Waals surface area contributed by atoms with Gasteiger partial charge in [0, 0.05) is 5.56 Å². The molecule has 1 aliphatic heterocycles. The summed E-state index contributed by atoms with van der Waals surface area (Å²) >= 11 is 0. The number of carbonyl (C=O) groups excluding carboxylic acids is 2. The number of esters is 1. The van der Waals surface area contributed by atoms with Crippen molar-refractivity contribution < 1.29 is 28.5 Å². The van der Waals surface area contributed by atoms with Gasteiger partial charge in [-0.3, -0.25) is 4.79 Å². The van der Waals surface area contributed by atoms with Crippen molar-refractivity contribution in [2.24, 2.45) is 0 Å². The third-order valence-electron chi connectivity index (χ3n) is 4.81. The first-order chi connectivity index (χ1) is 13.5. The first-order valence-electron chi connectivity index (χ1n) is 9.31. The van der Waals surface area contributed by atoms with Gasteiger partial charge in [0.2, 0.25) is 5.75 Å². The predicted octanol–water partition coefficient (Wildman–Crippen LogP) is 4.02. The van der Waals surface area contributed by atoms with Crippen LogP contribution >= 0.6 is 0 Å². The molecule has 28 heavy (non-hydrogen) atoms. The fourth-order valence-corrected chi connectivity index (χ4v) is 2.92. The van der Waals surface area contributed by atoms with Gasteiger partial charge in [0.25, 0.3) is 0 Å². The maximum absolute atomic E-state index is 12.4. The van der Waals surface area contributed by atoms with Crippen LogP contribution in [-0.4, -0.2) is 38.7 Å². The van der Waals surface area contributed by atoms with E-state index < -0.39 is 5.97 Å². The van der Waals surface area contributed by atoms with Gasteiger partial charge < -0.3 is 18.9 Å². The van der Waals surface area contributed by atoms with E-state index in [4.69, 9.17) is 18.9 Å². The van der Waals surface area contributed by atoms with E-state index in [2.05, 4.69) is 13.8 Å². The summed E-state index contributed by atoms with van der Waals surface area (Å²) in [4.78, 5) is 24.7. The summed E-state index contributed by atoms with van der Waals surface area (Å²) in [5.74, 6) is 0.823.